The van der Waals surface area contributed by atoms with Gasteiger partial charge in [-0.15, -0.1) is 0 Å². The lowest BCUT2D eigenvalue weighted by Gasteiger charge is -2.17. The fourth-order valence-corrected chi connectivity index (χ4v) is 1.81. The molecule has 0 aliphatic rings. The molecular formula is C15H19N5O2. The molecule has 0 atom stereocenters. The molecule has 1 heterocycles. The number of anilines is 3. The maximum Gasteiger partial charge on any atom is 0.323 e. The van der Waals surface area contributed by atoms with Crippen molar-refractivity contribution in [3.05, 3.63) is 36.0 Å². The maximum absolute atomic E-state index is 12.1. The van der Waals surface area contributed by atoms with Crippen molar-refractivity contribution >= 4 is 23.2 Å². The standard InChI is InChI=1S/C15H19N5O2/c1-10-5-7-11(8-6-10)17-14(21)18-12-9-16-15(22-4)19-13(12)20(2)3/h5-9H,1-4H3,(H2,17,18,21). The highest BCUT2D eigenvalue weighted by molar-refractivity contribution is 6.01. The minimum atomic E-state index is -0.360. The van der Waals surface area contributed by atoms with Crippen molar-refractivity contribution in [1.29, 1.82) is 0 Å². The first-order valence-corrected chi connectivity index (χ1v) is 6.72. The third-order valence-corrected chi connectivity index (χ3v) is 2.91. The van der Waals surface area contributed by atoms with Crippen LogP contribution < -0.4 is 20.3 Å². The highest BCUT2D eigenvalue weighted by atomic mass is 16.5. The predicted octanol–water partition coefficient (Wildman–Crippen LogP) is 2.50. The van der Waals surface area contributed by atoms with Gasteiger partial charge in [0, 0.05) is 19.8 Å². The summed E-state index contributed by atoms with van der Waals surface area (Å²) in [5, 5.41) is 5.49. The number of carbonyl (C=O) groups excluding carboxylic acids is 1. The summed E-state index contributed by atoms with van der Waals surface area (Å²) in [6.07, 6.45) is 1.51. The Labute approximate surface area is 129 Å². The van der Waals surface area contributed by atoms with Crippen molar-refractivity contribution in [3.63, 3.8) is 0 Å². The van der Waals surface area contributed by atoms with E-state index in [1.807, 2.05) is 45.3 Å². The average molecular weight is 301 g/mol. The number of amides is 2. The van der Waals surface area contributed by atoms with Crippen LogP contribution in [-0.4, -0.2) is 37.2 Å². The molecule has 1 aromatic carbocycles. The monoisotopic (exact) mass is 301 g/mol. The molecule has 0 radical (unpaired) electrons. The van der Waals surface area contributed by atoms with E-state index in [2.05, 4.69) is 20.6 Å². The quantitative estimate of drug-likeness (QED) is 0.907. The van der Waals surface area contributed by atoms with Gasteiger partial charge in [-0.3, -0.25) is 0 Å². The van der Waals surface area contributed by atoms with Crippen LogP contribution in [0.2, 0.25) is 0 Å². The Bertz CT molecular complexity index is 655. The summed E-state index contributed by atoms with van der Waals surface area (Å²) in [4.78, 5) is 22.1. The summed E-state index contributed by atoms with van der Waals surface area (Å²) < 4.78 is 4.99. The largest absolute Gasteiger partial charge is 0.467 e. The summed E-state index contributed by atoms with van der Waals surface area (Å²) in [5.74, 6) is 0.561. The van der Waals surface area contributed by atoms with Crippen LogP contribution in [0.25, 0.3) is 0 Å². The number of carbonyl (C=O) groups is 1. The van der Waals surface area contributed by atoms with Gasteiger partial charge in [-0.1, -0.05) is 17.7 Å². The summed E-state index contributed by atoms with van der Waals surface area (Å²) in [7, 11) is 5.14. The molecule has 7 nitrogen and oxygen atoms in total. The predicted molar refractivity (Wildman–Crippen MR) is 86.7 cm³/mol. The SMILES string of the molecule is COc1ncc(NC(=O)Nc2ccc(C)cc2)c(N(C)C)n1. The lowest BCUT2D eigenvalue weighted by molar-refractivity contribution is 0.262. The molecule has 2 N–H and O–H groups in total. The van der Waals surface area contributed by atoms with Crippen molar-refractivity contribution in [2.75, 3.05) is 36.7 Å². The van der Waals surface area contributed by atoms with Gasteiger partial charge in [-0.05, 0) is 19.1 Å². The Morgan fingerprint density at radius 3 is 2.45 bits per heavy atom. The van der Waals surface area contributed by atoms with Gasteiger partial charge in [0.1, 0.15) is 5.69 Å². The summed E-state index contributed by atoms with van der Waals surface area (Å²) >= 11 is 0. The molecule has 0 fully saturated rings. The second-order valence-corrected chi connectivity index (χ2v) is 4.93. The van der Waals surface area contributed by atoms with E-state index in [9.17, 15) is 4.79 Å². The Kier molecular flexibility index (Phi) is 4.77. The first-order valence-electron chi connectivity index (χ1n) is 6.72. The van der Waals surface area contributed by atoms with E-state index in [1.54, 1.807) is 4.90 Å². The third-order valence-electron chi connectivity index (χ3n) is 2.91. The van der Waals surface area contributed by atoms with Gasteiger partial charge < -0.3 is 20.3 Å². The molecular weight excluding hydrogens is 282 g/mol. The average Bonchev–Trinajstić information content (AvgIpc) is 2.49. The van der Waals surface area contributed by atoms with Crippen LogP contribution in [0, 0.1) is 6.92 Å². The van der Waals surface area contributed by atoms with Crippen LogP contribution in [0.5, 0.6) is 6.01 Å². The zero-order valence-electron chi connectivity index (χ0n) is 13.0. The Balaban J connectivity index is 2.12. The number of aryl methyl sites for hydroxylation is 1. The Hall–Kier alpha value is -2.83. The zero-order chi connectivity index (χ0) is 16.1. The van der Waals surface area contributed by atoms with E-state index in [-0.39, 0.29) is 12.0 Å². The van der Waals surface area contributed by atoms with Gasteiger partial charge in [-0.2, -0.15) is 4.98 Å². The van der Waals surface area contributed by atoms with E-state index in [4.69, 9.17) is 4.74 Å². The second kappa shape index (κ2) is 6.75. The van der Waals surface area contributed by atoms with Gasteiger partial charge >= 0.3 is 12.0 Å². The number of aromatic nitrogens is 2. The first kappa shape index (κ1) is 15.6. The molecule has 2 amide bonds. The van der Waals surface area contributed by atoms with Crippen LogP contribution in [-0.2, 0) is 0 Å². The van der Waals surface area contributed by atoms with Gasteiger partial charge in [0.05, 0.1) is 13.3 Å². The smallest absolute Gasteiger partial charge is 0.323 e. The number of ether oxygens (including phenoxy) is 1. The zero-order valence-corrected chi connectivity index (χ0v) is 13.0. The number of hydrogen-bond acceptors (Lipinski definition) is 5. The van der Waals surface area contributed by atoms with Gasteiger partial charge in [0.15, 0.2) is 5.82 Å². The highest BCUT2D eigenvalue weighted by Crippen LogP contribution is 2.23. The minimum Gasteiger partial charge on any atom is -0.467 e. The number of urea groups is 1. The fraction of sp³-hybridized carbons (Fsp3) is 0.267. The highest BCUT2D eigenvalue weighted by Gasteiger charge is 2.12. The van der Waals surface area contributed by atoms with Crippen molar-refractivity contribution in [3.8, 4) is 6.01 Å². The molecule has 0 unspecified atom stereocenters. The van der Waals surface area contributed by atoms with E-state index >= 15 is 0 Å². The van der Waals surface area contributed by atoms with Gasteiger partial charge in [0.2, 0.25) is 0 Å². The number of benzene rings is 1. The van der Waals surface area contributed by atoms with E-state index in [0.29, 0.717) is 17.2 Å². The first-order chi connectivity index (χ1) is 10.5. The lowest BCUT2D eigenvalue weighted by atomic mass is 10.2. The molecule has 7 heteroatoms. The molecule has 0 spiro atoms. The molecule has 2 rings (SSSR count). The fourth-order valence-electron chi connectivity index (χ4n) is 1.81. The summed E-state index contributed by atoms with van der Waals surface area (Å²) in [6.45, 7) is 1.99. The van der Waals surface area contributed by atoms with Crippen molar-refractivity contribution in [2.24, 2.45) is 0 Å². The van der Waals surface area contributed by atoms with E-state index in [1.165, 1.54) is 13.3 Å². The molecule has 0 aliphatic carbocycles. The van der Waals surface area contributed by atoms with Crippen molar-refractivity contribution in [2.45, 2.75) is 6.92 Å². The molecule has 0 bridgehead atoms. The maximum atomic E-state index is 12.1. The van der Waals surface area contributed by atoms with Gasteiger partial charge in [0.25, 0.3) is 0 Å². The van der Waals surface area contributed by atoms with Crippen molar-refractivity contribution < 1.29 is 9.53 Å². The number of nitrogens with one attached hydrogen (secondary N) is 2. The number of hydrogen-bond donors (Lipinski definition) is 2. The third kappa shape index (κ3) is 3.85. The molecule has 2 aromatic rings. The molecule has 1 aromatic heterocycles. The van der Waals surface area contributed by atoms with Crippen LogP contribution >= 0.6 is 0 Å². The minimum absolute atomic E-state index is 0.244. The number of rotatable bonds is 4. The van der Waals surface area contributed by atoms with Crippen LogP contribution in [0.3, 0.4) is 0 Å². The van der Waals surface area contributed by atoms with Crippen LogP contribution in [0.1, 0.15) is 5.56 Å². The van der Waals surface area contributed by atoms with Crippen LogP contribution in [0.15, 0.2) is 30.5 Å². The topological polar surface area (TPSA) is 79.4 Å². The lowest BCUT2D eigenvalue weighted by Crippen LogP contribution is -2.22. The number of methoxy groups -OCH3 is 1. The number of nitrogens with zero attached hydrogens (tertiary/aromatic N) is 3. The van der Waals surface area contributed by atoms with Crippen molar-refractivity contribution in [1.82, 2.24) is 9.97 Å². The molecule has 0 aliphatic heterocycles. The molecule has 22 heavy (non-hydrogen) atoms. The molecule has 116 valence electrons. The Morgan fingerprint density at radius 1 is 1.18 bits per heavy atom. The summed E-state index contributed by atoms with van der Waals surface area (Å²) in [5.41, 5.74) is 2.34. The Morgan fingerprint density at radius 2 is 1.86 bits per heavy atom. The van der Waals surface area contributed by atoms with E-state index in [0.717, 1.165) is 5.56 Å². The van der Waals surface area contributed by atoms with Crippen LogP contribution in [0.4, 0.5) is 22.0 Å². The molecule has 0 saturated heterocycles. The molecule has 0 saturated carbocycles. The normalized spacial score (nSPS) is 10.0. The second-order valence-electron chi connectivity index (χ2n) is 4.93. The van der Waals surface area contributed by atoms with E-state index < -0.39 is 0 Å². The van der Waals surface area contributed by atoms with Gasteiger partial charge in [-0.25, -0.2) is 9.78 Å². The summed E-state index contributed by atoms with van der Waals surface area (Å²) in [6, 6.07) is 7.42.